The van der Waals surface area contributed by atoms with E-state index >= 15 is 0 Å². The largest absolute Gasteiger partial charge is 0.455 e. The van der Waals surface area contributed by atoms with Gasteiger partial charge in [-0.3, -0.25) is 4.57 Å². The minimum atomic E-state index is -0.172. The van der Waals surface area contributed by atoms with E-state index in [9.17, 15) is 0 Å². The Bertz CT molecular complexity index is 3760. The van der Waals surface area contributed by atoms with E-state index in [-0.39, 0.29) is 5.41 Å². The zero-order valence-corrected chi connectivity index (χ0v) is 33.6. The second kappa shape index (κ2) is 12.3. The summed E-state index contributed by atoms with van der Waals surface area (Å²) in [5.74, 6) is 1.78. The van der Waals surface area contributed by atoms with Gasteiger partial charge in [0.1, 0.15) is 11.2 Å². The van der Waals surface area contributed by atoms with E-state index in [0.717, 1.165) is 66.0 Å². The number of nitrogens with zero attached hydrogens (tertiary/aromatic N) is 4. The molecule has 0 spiro atoms. The van der Waals surface area contributed by atoms with E-state index in [2.05, 4.69) is 164 Å². The Kier molecular flexibility index (Phi) is 6.88. The van der Waals surface area contributed by atoms with Gasteiger partial charge in [0.05, 0.1) is 16.4 Å². The minimum Gasteiger partial charge on any atom is -0.455 e. The predicted octanol–water partition coefficient (Wildman–Crippen LogP) is 14.5. The standard InChI is InChI=1S/C54H34N4OS/c1-54(2)42-20-10-6-16-34(42)35-26-24-33(29-43(35)54)52-55-51(31-14-4-3-5-15-31)56-53(57-52)58-44-21-11-7-19-38(44)48-49(58)39(30-41-36-17-8-12-22-45(36)59-50(41)48)32-25-27-47-40(28-32)37-18-9-13-23-46(37)60-47/h3-30H,1-2H3. The third-order valence-corrected chi connectivity index (χ3v) is 13.8. The quantitative estimate of drug-likeness (QED) is 0.178. The Morgan fingerprint density at radius 3 is 2.05 bits per heavy atom. The first-order chi connectivity index (χ1) is 29.5. The molecule has 0 amide bonds. The maximum Gasteiger partial charge on any atom is 0.238 e. The third-order valence-electron chi connectivity index (χ3n) is 12.7. The van der Waals surface area contributed by atoms with Gasteiger partial charge in [0, 0.05) is 58.4 Å². The van der Waals surface area contributed by atoms with Crippen LogP contribution in [0.25, 0.3) is 115 Å². The summed E-state index contributed by atoms with van der Waals surface area (Å²) in [6.45, 7) is 4.62. The van der Waals surface area contributed by atoms with Gasteiger partial charge in [0.15, 0.2) is 11.6 Å². The summed E-state index contributed by atoms with van der Waals surface area (Å²) in [7, 11) is 0. The number of furan rings is 1. The molecule has 6 heteroatoms. The van der Waals surface area contributed by atoms with Crippen LogP contribution in [0.5, 0.6) is 0 Å². The predicted molar refractivity (Wildman–Crippen MR) is 248 cm³/mol. The summed E-state index contributed by atoms with van der Waals surface area (Å²) in [4.78, 5) is 16.0. The molecule has 0 aliphatic heterocycles. The van der Waals surface area contributed by atoms with Crippen LogP contribution in [-0.2, 0) is 5.41 Å². The topological polar surface area (TPSA) is 56.7 Å². The summed E-state index contributed by atoms with van der Waals surface area (Å²) >= 11 is 1.83. The minimum absolute atomic E-state index is 0.172. The highest BCUT2D eigenvalue weighted by atomic mass is 32.1. The van der Waals surface area contributed by atoms with Gasteiger partial charge in [0.25, 0.3) is 0 Å². The first-order valence-corrected chi connectivity index (χ1v) is 21.2. The van der Waals surface area contributed by atoms with Crippen LogP contribution in [0.2, 0.25) is 0 Å². The highest BCUT2D eigenvalue weighted by Crippen LogP contribution is 2.50. The van der Waals surface area contributed by atoms with Crippen LogP contribution in [0.15, 0.2) is 174 Å². The number of hydrogen-bond donors (Lipinski definition) is 0. The SMILES string of the molecule is CC1(C)c2ccccc2-c2ccc(-c3nc(-c4ccccc4)nc(-n4c5ccccc5c5c6oc7ccccc7c6cc(-c6ccc7sc8ccccc8c7c6)c54)n3)cc21. The van der Waals surface area contributed by atoms with Crippen molar-refractivity contribution < 1.29 is 4.42 Å². The molecular formula is C54H34N4OS. The van der Waals surface area contributed by atoms with Crippen LogP contribution in [0.3, 0.4) is 0 Å². The smallest absolute Gasteiger partial charge is 0.238 e. The van der Waals surface area contributed by atoms with Crippen molar-refractivity contribution in [1.29, 1.82) is 0 Å². The molecule has 8 aromatic carbocycles. The van der Waals surface area contributed by atoms with Crippen LogP contribution in [-0.4, -0.2) is 19.5 Å². The van der Waals surface area contributed by atoms with Crippen LogP contribution in [0, 0.1) is 0 Å². The molecule has 0 atom stereocenters. The molecule has 5 nitrogen and oxygen atoms in total. The molecule has 0 N–H and O–H groups in total. The first-order valence-electron chi connectivity index (χ1n) is 20.4. The highest BCUT2D eigenvalue weighted by Gasteiger charge is 2.35. The van der Waals surface area contributed by atoms with Gasteiger partial charge >= 0.3 is 0 Å². The highest BCUT2D eigenvalue weighted by molar-refractivity contribution is 7.25. The normalized spacial score (nSPS) is 13.3. The van der Waals surface area contributed by atoms with Crippen molar-refractivity contribution in [1.82, 2.24) is 19.5 Å². The molecule has 0 radical (unpaired) electrons. The van der Waals surface area contributed by atoms with Crippen molar-refractivity contribution in [2.75, 3.05) is 0 Å². The van der Waals surface area contributed by atoms with Gasteiger partial charge in [-0.25, -0.2) is 4.98 Å². The number of para-hydroxylation sites is 2. The maximum atomic E-state index is 6.84. The van der Waals surface area contributed by atoms with Gasteiger partial charge in [-0.1, -0.05) is 141 Å². The number of benzene rings is 8. The fourth-order valence-electron chi connectivity index (χ4n) is 9.81. The van der Waals surface area contributed by atoms with Crippen molar-refractivity contribution in [2.24, 2.45) is 0 Å². The number of fused-ring (bicyclic) bond motifs is 13. The monoisotopic (exact) mass is 786 g/mol. The average Bonchev–Trinajstić information content (AvgIpc) is 4.03. The molecule has 0 fully saturated rings. The van der Waals surface area contributed by atoms with E-state index in [1.807, 2.05) is 35.6 Å². The molecule has 1 aliphatic carbocycles. The van der Waals surface area contributed by atoms with E-state index in [1.54, 1.807) is 0 Å². The number of hydrogen-bond acceptors (Lipinski definition) is 5. The molecule has 0 bridgehead atoms. The van der Waals surface area contributed by atoms with E-state index < -0.39 is 0 Å². The first kappa shape index (κ1) is 33.6. The summed E-state index contributed by atoms with van der Waals surface area (Å²) in [6.07, 6.45) is 0. The second-order valence-electron chi connectivity index (χ2n) is 16.4. The van der Waals surface area contributed by atoms with Crippen molar-refractivity contribution in [2.45, 2.75) is 19.3 Å². The fourth-order valence-corrected chi connectivity index (χ4v) is 10.9. The van der Waals surface area contributed by atoms with Crippen LogP contribution in [0.1, 0.15) is 25.0 Å². The lowest BCUT2D eigenvalue weighted by molar-refractivity contribution is 0.660. The summed E-state index contributed by atoms with van der Waals surface area (Å²) in [6, 6.07) is 60.5. The van der Waals surface area contributed by atoms with Crippen LogP contribution < -0.4 is 0 Å². The van der Waals surface area contributed by atoms with Gasteiger partial charge < -0.3 is 4.42 Å². The van der Waals surface area contributed by atoms with Crippen molar-refractivity contribution >= 4 is 75.3 Å². The summed E-state index contributed by atoms with van der Waals surface area (Å²) in [5, 5.41) is 6.78. The second-order valence-corrected chi connectivity index (χ2v) is 17.4. The molecule has 282 valence electrons. The molecule has 0 saturated carbocycles. The van der Waals surface area contributed by atoms with Crippen LogP contribution in [0.4, 0.5) is 0 Å². The summed E-state index contributed by atoms with van der Waals surface area (Å²) < 4.78 is 11.6. The molecular weight excluding hydrogens is 753 g/mol. The van der Waals surface area contributed by atoms with Gasteiger partial charge in [-0.05, 0) is 70.3 Å². The lowest BCUT2D eigenvalue weighted by atomic mass is 9.82. The molecule has 13 rings (SSSR count). The molecule has 0 saturated heterocycles. The molecule has 60 heavy (non-hydrogen) atoms. The molecule has 4 heterocycles. The van der Waals surface area contributed by atoms with Crippen molar-refractivity contribution in [3.8, 4) is 51.0 Å². The Balaban J connectivity index is 1.14. The van der Waals surface area contributed by atoms with Crippen LogP contribution >= 0.6 is 11.3 Å². The zero-order valence-electron chi connectivity index (χ0n) is 32.8. The van der Waals surface area contributed by atoms with Gasteiger partial charge in [-0.15, -0.1) is 11.3 Å². The van der Waals surface area contributed by atoms with Crippen molar-refractivity contribution in [3.63, 3.8) is 0 Å². The molecule has 1 aliphatic rings. The van der Waals surface area contributed by atoms with Crippen molar-refractivity contribution in [3.05, 3.63) is 181 Å². The Labute approximate surface area is 348 Å². The van der Waals surface area contributed by atoms with Gasteiger partial charge in [0.2, 0.25) is 5.95 Å². The molecule has 0 unspecified atom stereocenters. The van der Waals surface area contributed by atoms with E-state index in [4.69, 9.17) is 19.4 Å². The zero-order chi connectivity index (χ0) is 39.7. The Morgan fingerprint density at radius 2 is 1.17 bits per heavy atom. The molecule has 4 aromatic heterocycles. The fraction of sp³-hybridized carbons (Fsp3) is 0.0556. The Morgan fingerprint density at radius 1 is 0.483 bits per heavy atom. The number of rotatable bonds is 4. The van der Waals surface area contributed by atoms with Gasteiger partial charge in [-0.2, -0.15) is 9.97 Å². The number of aromatic nitrogens is 4. The summed E-state index contributed by atoms with van der Waals surface area (Å²) in [5.41, 5.74) is 12.7. The lowest BCUT2D eigenvalue weighted by Crippen LogP contribution is -2.15. The lowest BCUT2D eigenvalue weighted by Gasteiger charge is -2.21. The third kappa shape index (κ3) is 4.71. The maximum absolute atomic E-state index is 6.84. The number of thiophene rings is 1. The molecule has 12 aromatic rings. The van der Waals surface area contributed by atoms with E-state index in [1.165, 1.54) is 42.4 Å². The Hall–Kier alpha value is -7.41. The average molecular weight is 787 g/mol. The van der Waals surface area contributed by atoms with E-state index in [0.29, 0.717) is 17.6 Å².